The van der Waals surface area contributed by atoms with Gasteiger partial charge in [0, 0.05) is 11.6 Å². The second-order valence-corrected chi connectivity index (χ2v) is 6.96. The molecule has 1 heterocycles. The van der Waals surface area contributed by atoms with Gasteiger partial charge in [0.1, 0.15) is 0 Å². The first-order valence-electron chi connectivity index (χ1n) is 7.24. The van der Waals surface area contributed by atoms with E-state index in [1.165, 1.54) is 11.8 Å². The standard InChI is InChI=1S/C16H21N3O2S/c1-9(2)17-14(20)12(5)22-16-19-18-15(21-16)13-7-10(3)6-11(4)8-13/h6-9,12H,1-5H3,(H,17,20)/t12-/m0/s1. The Labute approximate surface area is 134 Å². The lowest BCUT2D eigenvalue weighted by Crippen LogP contribution is -2.35. The Kier molecular flexibility index (Phi) is 5.24. The molecule has 22 heavy (non-hydrogen) atoms. The topological polar surface area (TPSA) is 68.0 Å². The van der Waals surface area contributed by atoms with Crippen LogP contribution in [0.2, 0.25) is 0 Å². The number of carbonyl (C=O) groups excluding carboxylic acids is 1. The molecular weight excluding hydrogens is 298 g/mol. The van der Waals surface area contributed by atoms with Crippen molar-refractivity contribution < 1.29 is 9.21 Å². The number of carbonyl (C=O) groups is 1. The van der Waals surface area contributed by atoms with Gasteiger partial charge in [0.25, 0.3) is 5.22 Å². The third-order valence-electron chi connectivity index (χ3n) is 2.95. The molecule has 0 spiro atoms. The van der Waals surface area contributed by atoms with E-state index in [2.05, 4.69) is 21.6 Å². The average Bonchev–Trinajstić information content (AvgIpc) is 2.85. The van der Waals surface area contributed by atoms with Gasteiger partial charge >= 0.3 is 0 Å². The fourth-order valence-corrected chi connectivity index (χ4v) is 2.77. The lowest BCUT2D eigenvalue weighted by molar-refractivity contribution is -0.120. The molecule has 1 aromatic heterocycles. The summed E-state index contributed by atoms with van der Waals surface area (Å²) in [6, 6.07) is 6.21. The largest absolute Gasteiger partial charge is 0.411 e. The summed E-state index contributed by atoms with van der Waals surface area (Å²) in [5, 5.41) is 11.1. The van der Waals surface area contributed by atoms with Crippen molar-refractivity contribution in [2.45, 2.75) is 51.1 Å². The van der Waals surface area contributed by atoms with E-state index in [0.29, 0.717) is 11.1 Å². The van der Waals surface area contributed by atoms with Crippen LogP contribution >= 0.6 is 11.8 Å². The molecule has 0 radical (unpaired) electrons. The Morgan fingerprint density at radius 1 is 1.14 bits per heavy atom. The van der Waals surface area contributed by atoms with E-state index in [-0.39, 0.29) is 17.2 Å². The molecule has 0 bridgehead atoms. The summed E-state index contributed by atoms with van der Waals surface area (Å²) in [5.74, 6) is 0.442. The van der Waals surface area contributed by atoms with Crippen LogP contribution < -0.4 is 5.32 Å². The number of rotatable bonds is 5. The number of hydrogen-bond acceptors (Lipinski definition) is 5. The van der Waals surface area contributed by atoms with Gasteiger partial charge < -0.3 is 9.73 Å². The summed E-state index contributed by atoms with van der Waals surface area (Å²) in [6.45, 7) is 9.74. The van der Waals surface area contributed by atoms with Crippen LogP contribution in [0.15, 0.2) is 27.8 Å². The van der Waals surface area contributed by atoms with E-state index in [4.69, 9.17) is 4.42 Å². The van der Waals surface area contributed by atoms with E-state index in [0.717, 1.165) is 16.7 Å². The van der Waals surface area contributed by atoms with E-state index in [9.17, 15) is 4.79 Å². The van der Waals surface area contributed by atoms with Crippen LogP contribution in [0.1, 0.15) is 31.9 Å². The number of aromatic nitrogens is 2. The molecule has 0 unspecified atom stereocenters. The van der Waals surface area contributed by atoms with E-state index >= 15 is 0 Å². The van der Waals surface area contributed by atoms with Crippen molar-refractivity contribution in [2.75, 3.05) is 0 Å². The minimum Gasteiger partial charge on any atom is -0.411 e. The van der Waals surface area contributed by atoms with Crippen LogP contribution in [0.4, 0.5) is 0 Å². The normalized spacial score (nSPS) is 12.5. The van der Waals surface area contributed by atoms with Gasteiger partial charge in [-0.15, -0.1) is 10.2 Å². The number of thioether (sulfide) groups is 1. The van der Waals surface area contributed by atoms with Gasteiger partial charge in [-0.1, -0.05) is 29.0 Å². The van der Waals surface area contributed by atoms with E-state index < -0.39 is 0 Å². The third-order valence-corrected chi connectivity index (χ3v) is 3.89. The summed E-state index contributed by atoms with van der Waals surface area (Å²) >= 11 is 1.27. The zero-order valence-electron chi connectivity index (χ0n) is 13.5. The van der Waals surface area contributed by atoms with Gasteiger partial charge in [-0.05, 0) is 46.8 Å². The Morgan fingerprint density at radius 2 is 1.77 bits per heavy atom. The van der Waals surface area contributed by atoms with Gasteiger partial charge in [0.05, 0.1) is 5.25 Å². The number of aryl methyl sites for hydroxylation is 2. The molecule has 1 atom stereocenters. The number of hydrogen-bond donors (Lipinski definition) is 1. The summed E-state index contributed by atoms with van der Waals surface area (Å²) in [6.07, 6.45) is 0. The molecule has 2 aromatic rings. The van der Waals surface area contributed by atoms with Crippen LogP contribution in [0.25, 0.3) is 11.5 Å². The van der Waals surface area contributed by atoms with Gasteiger partial charge in [-0.3, -0.25) is 4.79 Å². The Hall–Kier alpha value is -1.82. The van der Waals surface area contributed by atoms with Crippen LogP contribution in [0.5, 0.6) is 0 Å². The Bertz CT molecular complexity index is 647. The van der Waals surface area contributed by atoms with E-state index in [1.807, 2.05) is 46.8 Å². The molecule has 1 N–H and O–H groups in total. The Morgan fingerprint density at radius 3 is 2.36 bits per heavy atom. The maximum Gasteiger partial charge on any atom is 0.277 e. The smallest absolute Gasteiger partial charge is 0.277 e. The predicted molar refractivity (Wildman–Crippen MR) is 87.8 cm³/mol. The lowest BCUT2D eigenvalue weighted by atomic mass is 10.1. The average molecular weight is 319 g/mol. The molecule has 118 valence electrons. The van der Waals surface area contributed by atoms with Crippen molar-refractivity contribution >= 4 is 17.7 Å². The van der Waals surface area contributed by atoms with Crippen molar-refractivity contribution in [3.05, 3.63) is 29.3 Å². The van der Waals surface area contributed by atoms with Gasteiger partial charge in [0.2, 0.25) is 11.8 Å². The first kappa shape index (κ1) is 16.5. The number of amides is 1. The summed E-state index contributed by atoms with van der Waals surface area (Å²) in [5.41, 5.74) is 3.19. The number of benzene rings is 1. The maximum absolute atomic E-state index is 11.9. The highest BCUT2D eigenvalue weighted by Gasteiger charge is 2.19. The zero-order valence-corrected chi connectivity index (χ0v) is 14.3. The molecule has 1 aromatic carbocycles. The molecule has 0 aliphatic carbocycles. The molecule has 0 saturated heterocycles. The highest BCUT2D eigenvalue weighted by molar-refractivity contribution is 8.00. The number of nitrogens with zero attached hydrogens (tertiary/aromatic N) is 2. The molecule has 0 aliphatic heterocycles. The fraction of sp³-hybridized carbons (Fsp3) is 0.438. The molecule has 0 saturated carbocycles. The van der Waals surface area contributed by atoms with Crippen LogP contribution in [0, 0.1) is 13.8 Å². The molecule has 2 rings (SSSR count). The second kappa shape index (κ2) is 6.96. The van der Waals surface area contributed by atoms with Crippen molar-refractivity contribution in [2.24, 2.45) is 0 Å². The minimum atomic E-state index is -0.282. The Balaban J connectivity index is 2.10. The third kappa shape index (κ3) is 4.34. The number of nitrogens with one attached hydrogen (secondary N) is 1. The summed E-state index contributed by atoms with van der Waals surface area (Å²) in [7, 11) is 0. The van der Waals surface area contributed by atoms with Crippen molar-refractivity contribution in [1.82, 2.24) is 15.5 Å². The quantitative estimate of drug-likeness (QED) is 0.856. The van der Waals surface area contributed by atoms with Crippen LogP contribution in [-0.2, 0) is 4.79 Å². The molecule has 0 aliphatic rings. The molecular formula is C16H21N3O2S. The minimum absolute atomic E-state index is 0.0360. The van der Waals surface area contributed by atoms with Gasteiger partial charge in [-0.25, -0.2) is 0 Å². The van der Waals surface area contributed by atoms with Crippen molar-refractivity contribution in [3.63, 3.8) is 0 Å². The SMILES string of the molecule is Cc1cc(C)cc(-c2nnc(S[C@@H](C)C(=O)NC(C)C)o2)c1. The molecule has 5 nitrogen and oxygen atoms in total. The maximum atomic E-state index is 11.9. The monoisotopic (exact) mass is 319 g/mol. The zero-order chi connectivity index (χ0) is 16.3. The summed E-state index contributed by atoms with van der Waals surface area (Å²) < 4.78 is 5.67. The van der Waals surface area contributed by atoms with Crippen molar-refractivity contribution in [3.8, 4) is 11.5 Å². The first-order valence-corrected chi connectivity index (χ1v) is 8.12. The molecule has 0 fully saturated rings. The first-order chi connectivity index (χ1) is 10.3. The highest BCUT2D eigenvalue weighted by atomic mass is 32.2. The van der Waals surface area contributed by atoms with E-state index in [1.54, 1.807) is 0 Å². The predicted octanol–water partition coefficient (Wildman–Crippen LogP) is 3.36. The van der Waals surface area contributed by atoms with Gasteiger partial charge in [-0.2, -0.15) is 0 Å². The summed E-state index contributed by atoms with van der Waals surface area (Å²) in [4.78, 5) is 11.9. The fourth-order valence-electron chi connectivity index (χ4n) is 2.08. The second-order valence-electron chi connectivity index (χ2n) is 5.67. The highest BCUT2D eigenvalue weighted by Crippen LogP contribution is 2.27. The molecule has 1 amide bonds. The lowest BCUT2D eigenvalue weighted by Gasteiger charge is -2.12. The van der Waals surface area contributed by atoms with Crippen LogP contribution in [0.3, 0.4) is 0 Å². The van der Waals surface area contributed by atoms with Crippen molar-refractivity contribution in [1.29, 1.82) is 0 Å². The van der Waals surface area contributed by atoms with Crippen LogP contribution in [-0.4, -0.2) is 27.4 Å². The molecule has 6 heteroatoms. The van der Waals surface area contributed by atoms with Gasteiger partial charge in [0.15, 0.2) is 0 Å².